The number of benzene rings is 2. The van der Waals surface area contributed by atoms with Gasteiger partial charge in [0.2, 0.25) is 17.7 Å². The van der Waals surface area contributed by atoms with Crippen LogP contribution in [0.15, 0.2) is 36.4 Å². The van der Waals surface area contributed by atoms with Gasteiger partial charge >= 0.3 is 0 Å². The number of non-ortho nitro benzene ring substituents is 1. The van der Waals surface area contributed by atoms with Gasteiger partial charge in [0.25, 0.3) is 5.69 Å². The van der Waals surface area contributed by atoms with E-state index >= 15 is 0 Å². The normalized spacial score (nSPS) is 30.1. The number of amides is 3. The summed E-state index contributed by atoms with van der Waals surface area (Å²) in [6, 6.07) is 8.62. The molecule has 168 valence electrons. The molecule has 9 nitrogen and oxygen atoms in total. The number of nitro groups is 1. The van der Waals surface area contributed by atoms with Crippen molar-refractivity contribution in [3.63, 3.8) is 0 Å². The monoisotopic (exact) mass is 466 g/mol. The summed E-state index contributed by atoms with van der Waals surface area (Å²) >= 11 is 6.31. The van der Waals surface area contributed by atoms with Gasteiger partial charge in [-0.05, 0) is 50.1 Å². The molecule has 3 amide bonds. The number of nitro benzene ring substituents is 1. The van der Waals surface area contributed by atoms with Crippen molar-refractivity contribution in [1.29, 1.82) is 0 Å². The van der Waals surface area contributed by atoms with Crippen LogP contribution in [-0.4, -0.2) is 40.1 Å². The second-order valence-corrected chi connectivity index (χ2v) is 9.41. The van der Waals surface area contributed by atoms with Gasteiger partial charge in [-0.25, -0.2) is 4.90 Å². The van der Waals surface area contributed by atoms with E-state index in [1.807, 2.05) is 11.8 Å². The molecule has 0 unspecified atom stereocenters. The number of anilines is 2. The highest BCUT2D eigenvalue weighted by molar-refractivity contribution is 6.32. The van der Waals surface area contributed by atoms with E-state index in [1.165, 1.54) is 24.3 Å². The van der Waals surface area contributed by atoms with Crippen LogP contribution in [0.1, 0.15) is 24.0 Å². The standard InChI is InChI=1S/C23H19ClN4O5/c1-11-15(24)9-8-14-19(11)25-22(31)23(14)18-17(16-3-2-10-26(16)23)20(29)27(21(18)30)12-4-6-13(7-5-12)28(32)33/h4-9,16-18H,2-3,10H2,1H3,(H,25,31)/t16-,17-,18-,23-/m1/s1. The highest BCUT2D eigenvalue weighted by Gasteiger charge is 2.74. The maximum absolute atomic E-state index is 13.9. The highest BCUT2D eigenvalue weighted by atomic mass is 35.5. The minimum absolute atomic E-state index is 0.132. The van der Waals surface area contributed by atoms with Gasteiger partial charge < -0.3 is 5.32 Å². The number of carbonyl (C=O) groups excluding carboxylic acids is 3. The van der Waals surface area contributed by atoms with Gasteiger partial charge in [-0.3, -0.25) is 29.4 Å². The van der Waals surface area contributed by atoms with E-state index in [1.54, 1.807) is 12.1 Å². The number of nitrogens with zero attached hydrogens (tertiary/aromatic N) is 3. The van der Waals surface area contributed by atoms with Crippen molar-refractivity contribution in [2.24, 2.45) is 11.8 Å². The number of nitrogens with one attached hydrogen (secondary N) is 1. The van der Waals surface area contributed by atoms with Crippen molar-refractivity contribution < 1.29 is 19.3 Å². The van der Waals surface area contributed by atoms with Gasteiger partial charge in [0, 0.05) is 28.8 Å². The molecule has 3 fully saturated rings. The predicted molar refractivity (Wildman–Crippen MR) is 119 cm³/mol. The van der Waals surface area contributed by atoms with E-state index in [0.29, 0.717) is 29.2 Å². The van der Waals surface area contributed by atoms with Gasteiger partial charge in [0.15, 0.2) is 0 Å². The molecule has 1 N–H and O–H groups in total. The average Bonchev–Trinajstić information content (AvgIpc) is 3.50. The maximum Gasteiger partial charge on any atom is 0.269 e. The first-order valence-corrected chi connectivity index (χ1v) is 11.2. The van der Waals surface area contributed by atoms with Gasteiger partial charge in [0.05, 0.1) is 28.1 Å². The van der Waals surface area contributed by atoms with Crippen LogP contribution in [0.4, 0.5) is 17.1 Å². The molecule has 4 aliphatic heterocycles. The summed E-state index contributed by atoms with van der Waals surface area (Å²) < 4.78 is 0. The molecule has 2 aromatic carbocycles. The van der Waals surface area contributed by atoms with Crippen LogP contribution < -0.4 is 10.2 Å². The Bertz CT molecular complexity index is 1280. The molecule has 0 aromatic heterocycles. The largest absolute Gasteiger partial charge is 0.324 e. The third-order valence-electron chi connectivity index (χ3n) is 7.68. The second-order valence-electron chi connectivity index (χ2n) is 9.01. The fraction of sp³-hybridized carbons (Fsp3) is 0.348. The molecule has 4 aliphatic rings. The average molecular weight is 467 g/mol. The van der Waals surface area contributed by atoms with Crippen LogP contribution in [0.2, 0.25) is 5.02 Å². The van der Waals surface area contributed by atoms with Crippen molar-refractivity contribution in [1.82, 2.24) is 4.90 Å². The summed E-state index contributed by atoms with van der Waals surface area (Å²) in [6.45, 7) is 2.43. The van der Waals surface area contributed by atoms with Crippen molar-refractivity contribution in [3.8, 4) is 0 Å². The van der Waals surface area contributed by atoms with Gasteiger partial charge in [-0.1, -0.05) is 17.7 Å². The number of imide groups is 1. The molecule has 0 bridgehead atoms. The first-order valence-electron chi connectivity index (χ1n) is 10.8. The highest BCUT2D eigenvalue weighted by Crippen LogP contribution is 2.61. The quantitative estimate of drug-likeness (QED) is 0.413. The molecule has 0 aliphatic carbocycles. The number of rotatable bonds is 2. The minimum atomic E-state index is -1.28. The molecule has 6 rings (SSSR count). The Morgan fingerprint density at radius 3 is 2.55 bits per heavy atom. The summed E-state index contributed by atoms with van der Waals surface area (Å²) in [5, 5.41) is 14.5. The number of hydrogen-bond acceptors (Lipinski definition) is 6. The molecule has 4 heterocycles. The first kappa shape index (κ1) is 20.3. The number of halogens is 1. The third-order valence-corrected chi connectivity index (χ3v) is 8.09. The van der Waals surface area contributed by atoms with Crippen LogP contribution >= 0.6 is 11.6 Å². The first-order chi connectivity index (χ1) is 15.8. The van der Waals surface area contributed by atoms with E-state index < -0.39 is 28.2 Å². The van der Waals surface area contributed by atoms with Gasteiger partial charge in [0.1, 0.15) is 5.54 Å². The summed E-state index contributed by atoms with van der Waals surface area (Å²) in [5.74, 6) is -2.67. The third kappa shape index (κ3) is 2.33. The Labute approximate surface area is 193 Å². The lowest BCUT2D eigenvalue weighted by molar-refractivity contribution is -0.384. The van der Waals surface area contributed by atoms with Crippen LogP contribution in [0.5, 0.6) is 0 Å². The summed E-state index contributed by atoms with van der Waals surface area (Å²) in [5.41, 5.74) is 0.873. The maximum atomic E-state index is 13.9. The molecule has 0 radical (unpaired) electrons. The molecule has 0 saturated carbocycles. The predicted octanol–water partition coefficient (Wildman–Crippen LogP) is 2.99. The zero-order chi connectivity index (χ0) is 23.2. The number of fused-ring (bicyclic) bond motifs is 7. The van der Waals surface area contributed by atoms with Crippen LogP contribution in [0.25, 0.3) is 0 Å². The van der Waals surface area contributed by atoms with E-state index in [0.717, 1.165) is 16.9 Å². The van der Waals surface area contributed by atoms with Crippen molar-refractivity contribution in [2.75, 3.05) is 16.8 Å². The summed E-state index contributed by atoms with van der Waals surface area (Å²) in [4.78, 5) is 54.8. The lowest BCUT2D eigenvalue weighted by Crippen LogP contribution is -2.54. The van der Waals surface area contributed by atoms with Gasteiger partial charge in [-0.15, -0.1) is 0 Å². The lowest BCUT2D eigenvalue weighted by atomic mass is 9.75. The Balaban J connectivity index is 1.52. The van der Waals surface area contributed by atoms with Crippen molar-refractivity contribution >= 4 is 46.4 Å². The molecule has 3 saturated heterocycles. The Kier molecular flexibility index (Phi) is 4.07. The fourth-order valence-electron chi connectivity index (χ4n) is 6.37. The van der Waals surface area contributed by atoms with Crippen LogP contribution in [-0.2, 0) is 19.9 Å². The number of carbonyl (C=O) groups is 3. The fourth-order valence-corrected chi connectivity index (χ4v) is 6.53. The SMILES string of the molecule is Cc1c(Cl)ccc2c1NC(=O)[C@]21[C@H]2C(=O)N(c3ccc([N+](=O)[O-])cc3)C(=O)[C@@H]2[C@H]2CCCN21. The summed E-state index contributed by atoms with van der Waals surface area (Å²) in [6.07, 6.45) is 1.54. The molecule has 1 spiro atoms. The lowest BCUT2D eigenvalue weighted by Gasteiger charge is -2.36. The molecule has 4 atom stereocenters. The number of hydrogen-bond donors (Lipinski definition) is 1. The van der Waals surface area contributed by atoms with Crippen LogP contribution in [0, 0.1) is 28.9 Å². The van der Waals surface area contributed by atoms with Gasteiger partial charge in [-0.2, -0.15) is 0 Å². The Hall–Kier alpha value is -3.30. The van der Waals surface area contributed by atoms with Crippen molar-refractivity contribution in [2.45, 2.75) is 31.3 Å². The molecular weight excluding hydrogens is 448 g/mol. The second kappa shape index (κ2) is 6.61. The summed E-state index contributed by atoms with van der Waals surface area (Å²) in [7, 11) is 0. The zero-order valence-electron chi connectivity index (χ0n) is 17.6. The zero-order valence-corrected chi connectivity index (χ0v) is 18.3. The topological polar surface area (TPSA) is 113 Å². The Morgan fingerprint density at radius 1 is 1.12 bits per heavy atom. The minimum Gasteiger partial charge on any atom is -0.324 e. The molecule has 10 heteroatoms. The van der Waals surface area contributed by atoms with E-state index in [2.05, 4.69) is 5.32 Å². The van der Waals surface area contributed by atoms with Crippen molar-refractivity contribution in [3.05, 3.63) is 62.7 Å². The van der Waals surface area contributed by atoms with E-state index in [9.17, 15) is 24.5 Å². The van der Waals surface area contributed by atoms with Crippen LogP contribution in [0.3, 0.4) is 0 Å². The van der Waals surface area contributed by atoms with E-state index in [4.69, 9.17) is 11.6 Å². The molecular formula is C23H19ClN4O5. The Morgan fingerprint density at radius 2 is 1.85 bits per heavy atom. The van der Waals surface area contributed by atoms with E-state index in [-0.39, 0.29) is 29.2 Å². The molecule has 33 heavy (non-hydrogen) atoms. The smallest absolute Gasteiger partial charge is 0.269 e. The molecule has 2 aromatic rings.